The van der Waals surface area contributed by atoms with E-state index in [0.29, 0.717) is 12.5 Å². The topological polar surface area (TPSA) is 69.0 Å². The summed E-state index contributed by atoms with van der Waals surface area (Å²) < 4.78 is 8.22. The van der Waals surface area contributed by atoms with Crippen LogP contribution in [0.2, 0.25) is 0 Å². The quantitative estimate of drug-likeness (QED) is 0.483. The van der Waals surface area contributed by atoms with Gasteiger partial charge >= 0.3 is 0 Å². The Morgan fingerprint density at radius 1 is 1.19 bits per heavy atom. The summed E-state index contributed by atoms with van der Waals surface area (Å²) in [5.74, 6) is 3.71. The predicted molar refractivity (Wildman–Crippen MR) is 129 cm³/mol. The van der Waals surface area contributed by atoms with Gasteiger partial charge in [0.05, 0.1) is 6.42 Å². The Morgan fingerprint density at radius 2 is 1.91 bits per heavy atom. The molecule has 1 aromatic carbocycles. The van der Waals surface area contributed by atoms with Crippen LogP contribution in [0, 0.1) is 25.7 Å². The lowest BCUT2D eigenvalue weighted by Crippen LogP contribution is -2.27. The van der Waals surface area contributed by atoms with Crippen LogP contribution >= 0.6 is 0 Å². The van der Waals surface area contributed by atoms with Gasteiger partial charge in [-0.15, -0.1) is 10.2 Å². The molecule has 0 radical (unpaired) electrons. The summed E-state index contributed by atoms with van der Waals surface area (Å²) in [6.45, 7) is 15.4. The Kier molecular flexibility index (Phi) is 8.10. The number of anilines is 1. The van der Waals surface area contributed by atoms with Crippen molar-refractivity contribution in [3.8, 4) is 0 Å². The first kappa shape index (κ1) is 24.4. The van der Waals surface area contributed by atoms with Gasteiger partial charge in [0.2, 0.25) is 5.91 Å². The molecule has 1 aliphatic carbocycles. The number of rotatable bonds is 10. The van der Waals surface area contributed by atoms with Crippen LogP contribution in [0.1, 0.15) is 101 Å². The zero-order valence-corrected chi connectivity index (χ0v) is 20.8. The summed E-state index contributed by atoms with van der Waals surface area (Å²) >= 11 is 0. The van der Waals surface area contributed by atoms with Crippen LogP contribution in [-0.4, -0.2) is 27.3 Å². The molecule has 1 aromatic heterocycles. The minimum absolute atomic E-state index is 0.0732. The number of hydrogen-bond acceptors (Lipinski definition) is 4. The summed E-state index contributed by atoms with van der Waals surface area (Å²) in [5, 5.41) is 12.2. The Labute approximate surface area is 193 Å². The van der Waals surface area contributed by atoms with Crippen molar-refractivity contribution in [1.82, 2.24) is 14.8 Å². The smallest absolute Gasteiger partial charge is 0.227 e. The Hall–Kier alpha value is -2.21. The normalized spacial score (nSPS) is 19.3. The van der Waals surface area contributed by atoms with Crippen LogP contribution in [0.5, 0.6) is 0 Å². The van der Waals surface area contributed by atoms with Crippen molar-refractivity contribution < 1.29 is 9.53 Å². The second kappa shape index (κ2) is 10.6. The van der Waals surface area contributed by atoms with E-state index < -0.39 is 6.10 Å². The molecule has 32 heavy (non-hydrogen) atoms. The predicted octanol–water partition coefficient (Wildman–Crippen LogP) is 6.12. The number of nitrogens with one attached hydrogen (secondary N) is 1. The van der Waals surface area contributed by atoms with Crippen molar-refractivity contribution >= 4 is 11.6 Å². The molecule has 0 spiro atoms. The third kappa shape index (κ3) is 5.77. The average Bonchev–Trinajstić information content (AvgIpc) is 3.11. The molecule has 1 N–H and O–H groups in total. The molecule has 1 fully saturated rings. The Morgan fingerprint density at radius 3 is 2.50 bits per heavy atom. The summed E-state index contributed by atoms with van der Waals surface area (Å²) in [4.78, 5) is 12.9. The van der Waals surface area contributed by atoms with Gasteiger partial charge in [0.15, 0.2) is 5.82 Å². The number of hydrogen-bond donors (Lipinski definition) is 1. The summed E-state index contributed by atoms with van der Waals surface area (Å²) in [6, 6.07) is 6.25. The van der Waals surface area contributed by atoms with Crippen molar-refractivity contribution in [3.63, 3.8) is 0 Å². The maximum Gasteiger partial charge on any atom is 0.227 e. The highest BCUT2D eigenvalue weighted by Crippen LogP contribution is 2.45. The van der Waals surface area contributed by atoms with E-state index >= 15 is 0 Å². The van der Waals surface area contributed by atoms with Crippen LogP contribution in [0.4, 0.5) is 5.69 Å². The third-order valence-electron chi connectivity index (χ3n) is 6.35. The number of aryl methyl sites for hydroxylation is 2. The zero-order valence-electron chi connectivity index (χ0n) is 20.8. The Bertz CT molecular complexity index is 913. The first-order chi connectivity index (χ1) is 15.2. The molecule has 0 saturated heterocycles. The van der Waals surface area contributed by atoms with E-state index in [2.05, 4.69) is 53.8 Å². The molecule has 3 rings (SSSR count). The van der Waals surface area contributed by atoms with Crippen LogP contribution in [-0.2, 0) is 9.53 Å². The SMILES string of the molecule is CCO[C@@H](CC(=O)Nc1ccc(C)cc1C)c1nnc(C2CC(CC(C)C)C2)n1C(C)C. The third-order valence-corrected chi connectivity index (χ3v) is 6.35. The summed E-state index contributed by atoms with van der Waals surface area (Å²) in [7, 11) is 0. The highest BCUT2D eigenvalue weighted by molar-refractivity contribution is 5.91. The van der Waals surface area contributed by atoms with E-state index in [-0.39, 0.29) is 18.4 Å². The number of nitrogens with zero attached hydrogens (tertiary/aromatic N) is 3. The van der Waals surface area contributed by atoms with Gasteiger partial charge in [-0.3, -0.25) is 4.79 Å². The van der Waals surface area contributed by atoms with Crippen LogP contribution in [0.25, 0.3) is 0 Å². The van der Waals surface area contributed by atoms with Crippen molar-refractivity contribution in [3.05, 3.63) is 41.0 Å². The van der Waals surface area contributed by atoms with Gasteiger partial charge in [-0.25, -0.2) is 0 Å². The number of benzene rings is 1. The standard InChI is InChI=1S/C26H40N4O2/c1-8-32-23(15-24(31)27-22-10-9-18(6)12-19(22)7)26-29-28-25(30(26)17(4)5)21-13-20(14-21)11-16(2)3/h9-10,12,16-17,20-21,23H,8,11,13-15H2,1-7H3,(H,27,31)/t20?,21?,23-/m0/s1. The summed E-state index contributed by atoms with van der Waals surface area (Å²) in [6.07, 6.45) is 3.43. The lowest BCUT2D eigenvalue weighted by atomic mass is 9.71. The molecular formula is C26H40N4O2. The molecule has 0 aliphatic heterocycles. The molecule has 1 saturated carbocycles. The van der Waals surface area contributed by atoms with E-state index in [4.69, 9.17) is 4.74 Å². The van der Waals surface area contributed by atoms with Gasteiger partial charge in [0.1, 0.15) is 11.9 Å². The maximum atomic E-state index is 12.9. The lowest BCUT2D eigenvalue weighted by Gasteiger charge is -2.36. The molecule has 1 heterocycles. The van der Waals surface area contributed by atoms with E-state index in [1.54, 1.807) is 0 Å². The van der Waals surface area contributed by atoms with Crippen LogP contribution < -0.4 is 5.32 Å². The first-order valence-corrected chi connectivity index (χ1v) is 12.1. The molecule has 1 amide bonds. The van der Waals surface area contributed by atoms with Gasteiger partial charge < -0.3 is 14.6 Å². The van der Waals surface area contributed by atoms with Crippen molar-refractivity contribution in [1.29, 1.82) is 0 Å². The Balaban J connectivity index is 1.75. The molecule has 176 valence electrons. The molecule has 1 aliphatic rings. The fraction of sp³-hybridized carbons (Fsp3) is 0.654. The summed E-state index contributed by atoms with van der Waals surface area (Å²) in [5.41, 5.74) is 3.07. The minimum Gasteiger partial charge on any atom is -0.370 e. The zero-order chi connectivity index (χ0) is 23.4. The van der Waals surface area contributed by atoms with E-state index in [0.717, 1.165) is 34.7 Å². The first-order valence-electron chi connectivity index (χ1n) is 12.1. The second-order valence-electron chi connectivity index (χ2n) is 10.1. The minimum atomic E-state index is -0.416. The highest BCUT2D eigenvalue weighted by atomic mass is 16.5. The maximum absolute atomic E-state index is 12.9. The number of ether oxygens (including phenoxy) is 1. The van der Waals surface area contributed by atoms with E-state index in [1.165, 1.54) is 24.8 Å². The van der Waals surface area contributed by atoms with Gasteiger partial charge in [0.25, 0.3) is 0 Å². The molecule has 6 nitrogen and oxygen atoms in total. The largest absolute Gasteiger partial charge is 0.370 e. The van der Waals surface area contributed by atoms with Gasteiger partial charge in [-0.05, 0) is 77.3 Å². The number of amides is 1. The molecule has 1 atom stereocenters. The highest BCUT2D eigenvalue weighted by Gasteiger charge is 2.36. The van der Waals surface area contributed by atoms with Gasteiger partial charge in [0, 0.05) is 24.3 Å². The fourth-order valence-electron chi connectivity index (χ4n) is 4.90. The number of carbonyl (C=O) groups is 1. The van der Waals surface area contributed by atoms with Crippen molar-refractivity contribution in [2.45, 2.75) is 92.2 Å². The van der Waals surface area contributed by atoms with Gasteiger partial charge in [-0.1, -0.05) is 31.5 Å². The molecule has 0 bridgehead atoms. The lowest BCUT2D eigenvalue weighted by molar-refractivity contribution is -0.119. The van der Waals surface area contributed by atoms with Crippen LogP contribution in [0.3, 0.4) is 0 Å². The molecule has 0 unspecified atom stereocenters. The van der Waals surface area contributed by atoms with E-state index in [1.807, 2.05) is 32.9 Å². The van der Waals surface area contributed by atoms with Crippen LogP contribution in [0.15, 0.2) is 18.2 Å². The molecule has 2 aromatic rings. The number of carbonyl (C=O) groups excluding carboxylic acids is 1. The monoisotopic (exact) mass is 440 g/mol. The fourth-order valence-corrected chi connectivity index (χ4v) is 4.90. The van der Waals surface area contributed by atoms with Crippen molar-refractivity contribution in [2.75, 3.05) is 11.9 Å². The molecular weight excluding hydrogens is 400 g/mol. The van der Waals surface area contributed by atoms with Gasteiger partial charge in [-0.2, -0.15) is 0 Å². The van der Waals surface area contributed by atoms with E-state index in [9.17, 15) is 4.79 Å². The second-order valence-corrected chi connectivity index (χ2v) is 10.1. The van der Waals surface area contributed by atoms with Crippen molar-refractivity contribution in [2.24, 2.45) is 11.8 Å². The molecule has 6 heteroatoms. The average molecular weight is 441 g/mol. The number of aromatic nitrogens is 3.